The van der Waals surface area contributed by atoms with Crippen LogP contribution in [0.5, 0.6) is 0 Å². The first-order valence-electron chi connectivity index (χ1n) is 3.31. The van der Waals surface area contributed by atoms with Gasteiger partial charge in [0.1, 0.15) is 0 Å². The van der Waals surface area contributed by atoms with Crippen molar-refractivity contribution in [2.45, 2.75) is 5.44 Å². The number of aliphatic hydroxyl groups is 1. The Morgan fingerprint density at radius 2 is 2.00 bits per heavy atom. The van der Waals surface area contributed by atoms with Gasteiger partial charge in [-0.1, -0.05) is 23.7 Å². The minimum atomic E-state index is -4.48. The zero-order valence-corrected chi connectivity index (χ0v) is 7.96. The van der Waals surface area contributed by atoms with Crippen LogP contribution in [0.3, 0.4) is 0 Å². The maximum absolute atomic E-state index is 10.5. The Morgan fingerprint density at radius 3 is 2.46 bits per heavy atom. The number of benzene rings is 1. The van der Waals surface area contributed by atoms with Crippen molar-refractivity contribution in [1.82, 2.24) is 0 Å². The molecule has 13 heavy (non-hydrogen) atoms. The molecule has 0 fully saturated rings. The molecule has 0 amide bonds. The zero-order chi connectivity index (χ0) is 10.1. The van der Waals surface area contributed by atoms with E-state index in [9.17, 15) is 8.42 Å². The second kappa shape index (κ2) is 3.63. The van der Waals surface area contributed by atoms with Gasteiger partial charge in [0.2, 0.25) is 5.44 Å². The Balaban J connectivity index is 3.10. The van der Waals surface area contributed by atoms with Gasteiger partial charge in [0, 0.05) is 5.02 Å². The van der Waals surface area contributed by atoms with Crippen LogP contribution < -0.4 is 0 Å². The maximum atomic E-state index is 10.5. The van der Waals surface area contributed by atoms with E-state index in [0.717, 1.165) is 0 Å². The molecule has 1 aromatic rings. The lowest BCUT2D eigenvalue weighted by molar-refractivity contribution is 0.238. The van der Waals surface area contributed by atoms with Gasteiger partial charge in [-0.15, -0.1) is 0 Å². The number of hydrogen-bond acceptors (Lipinski definition) is 3. The van der Waals surface area contributed by atoms with Crippen LogP contribution in [0.1, 0.15) is 11.0 Å². The topological polar surface area (TPSA) is 74.6 Å². The molecule has 1 unspecified atom stereocenters. The minimum Gasteiger partial charge on any atom is -0.371 e. The number of hydrogen-bond donors (Lipinski definition) is 2. The Bertz CT molecular complexity index is 401. The first-order valence-corrected chi connectivity index (χ1v) is 5.19. The molecular weight excluding hydrogens is 216 g/mol. The Labute approximate surface area is 80.5 Å². The third-order valence-electron chi connectivity index (χ3n) is 1.42. The van der Waals surface area contributed by atoms with Crippen molar-refractivity contribution >= 4 is 21.7 Å². The molecule has 0 aliphatic rings. The van der Waals surface area contributed by atoms with Crippen LogP contribution in [-0.2, 0) is 10.1 Å². The van der Waals surface area contributed by atoms with Gasteiger partial charge >= 0.3 is 0 Å². The molecule has 6 heteroatoms. The van der Waals surface area contributed by atoms with Gasteiger partial charge in [-0.05, 0) is 17.7 Å². The molecule has 0 spiro atoms. The summed E-state index contributed by atoms with van der Waals surface area (Å²) < 4.78 is 29.5. The van der Waals surface area contributed by atoms with Crippen LogP contribution in [0.2, 0.25) is 5.02 Å². The highest BCUT2D eigenvalue weighted by molar-refractivity contribution is 7.85. The summed E-state index contributed by atoms with van der Waals surface area (Å²) in [6.07, 6.45) is 0. The van der Waals surface area contributed by atoms with Crippen molar-refractivity contribution in [2.24, 2.45) is 0 Å². The molecule has 72 valence electrons. The second-order valence-corrected chi connectivity index (χ2v) is 4.34. The lowest BCUT2D eigenvalue weighted by Gasteiger charge is -2.06. The highest BCUT2D eigenvalue weighted by atomic mass is 35.5. The first kappa shape index (κ1) is 10.5. The quantitative estimate of drug-likeness (QED) is 0.738. The Morgan fingerprint density at radius 1 is 1.38 bits per heavy atom. The van der Waals surface area contributed by atoms with Crippen LogP contribution >= 0.6 is 11.6 Å². The fourth-order valence-corrected chi connectivity index (χ4v) is 1.52. The van der Waals surface area contributed by atoms with E-state index in [0.29, 0.717) is 5.02 Å². The van der Waals surface area contributed by atoms with E-state index in [4.69, 9.17) is 21.3 Å². The van der Waals surface area contributed by atoms with Crippen LogP contribution in [0.25, 0.3) is 0 Å². The smallest absolute Gasteiger partial charge is 0.296 e. The van der Waals surface area contributed by atoms with Gasteiger partial charge in [-0.25, -0.2) is 0 Å². The summed E-state index contributed by atoms with van der Waals surface area (Å²) in [4.78, 5) is 0. The van der Waals surface area contributed by atoms with E-state index in [1.807, 2.05) is 0 Å². The van der Waals surface area contributed by atoms with Crippen molar-refractivity contribution in [2.75, 3.05) is 0 Å². The molecule has 2 N–H and O–H groups in total. The summed E-state index contributed by atoms with van der Waals surface area (Å²) >= 11 is 5.55. The summed E-state index contributed by atoms with van der Waals surface area (Å²) in [5, 5.41) is 9.38. The lowest BCUT2D eigenvalue weighted by Crippen LogP contribution is -2.10. The number of halogens is 1. The van der Waals surface area contributed by atoms with Crippen LogP contribution in [-0.4, -0.2) is 18.1 Å². The lowest BCUT2D eigenvalue weighted by atomic mass is 10.2. The molecule has 0 aliphatic heterocycles. The van der Waals surface area contributed by atoms with Crippen molar-refractivity contribution in [3.8, 4) is 0 Å². The molecule has 0 saturated carbocycles. The molecule has 0 radical (unpaired) electrons. The number of aliphatic hydroxyl groups excluding tert-OH is 1. The molecule has 0 aliphatic carbocycles. The standard InChI is InChI=1S/C7H7ClO4S/c8-6-3-1-2-5(4-6)7(9)13(10,11)12/h1-4,7,9H,(H,10,11,12). The molecule has 0 aromatic heterocycles. The average Bonchev–Trinajstić information content (AvgIpc) is 2.01. The zero-order valence-electron chi connectivity index (χ0n) is 6.38. The average molecular weight is 223 g/mol. The third-order valence-corrected chi connectivity index (χ3v) is 2.49. The van der Waals surface area contributed by atoms with E-state index in [2.05, 4.69) is 0 Å². The Kier molecular flexibility index (Phi) is 2.92. The summed E-state index contributed by atoms with van der Waals surface area (Å²) in [5.41, 5.74) is -1.90. The van der Waals surface area contributed by atoms with Gasteiger partial charge in [0.05, 0.1) is 0 Å². The van der Waals surface area contributed by atoms with E-state index >= 15 is 0 Å². The second-order valence-electron chi connectivity index (χ2n) is 2.42. The summed E-state index contributed by atoms with van der Waals surface area (Å²) in [7, 11) is -4.48. The molecule has 0 saturated heterocycles. The normalized spacial score (nSPS) is 14.1. The molecule has 1 aromatic carbocycles. The largest absolute Gasteiger partial charge is 0.371 e. The van der Waals surface area contributed by atoms with E-state index in [1.54, 1.807) is 0 Å². The molecule has 1 rings (SSSR count). The third kappa shape index (κ3) is 2.67. The summed E-state index contributed by atoms with van der Waals surface area (Å²) in [6, 6.07) is 5.62. The summed E-state index contributed by atoms with van der Waals surface area (Å²) in [5.74, 6) is 0. The molecule has 1 atom stereocenters. The van der Waals surface area contributed by atoms with Gasteiger partial charge in [-0.2, -0.15) is 8.42 Å². The summed E-state index contributed by atoms with van der Waals surface area (Å²) in [6.45, 7) is 0. The SMILES string of the molecule is O=S(=O)(O)C(O)c1cccc(Cl)c1. The number of rotatable bonds is 2. The van der Waals surface area contributed by atoms with Crippen molar-refractivity contribution < 1.29 is 18.1 Å². The minimum absolute atomic E-state index is 0.0370. The van der Waals surface area contributed by atoms with Crippen molar-refractivity contribution in [3.05, 3.63) is 34.9 Å². The first-order chi connectivity index (χ1) is 5.91. The van der Waals surface area contributed by atoms with Crippen molar-refractivity contribution in [3.63, 3.8) is 0 Å². The van der Waals surface area contributed by atoms with Crippen molar-refractivity contribution in [1.29, 1.82) is 0 Å². The highest BCUT2D eigenvalue weighted by Gasteiger charge is 2.21. The maximum Gasteiger partial charge on any atom is 0.296 e. The van der Waals surface area contributed by atoms with Crippen LogP contribution in [0.15, 0.2) is 24.3 Å². The predicted octanol–water partition coefficient (Wildman–Crippen LogP) is 1.22. The van der Waals surface area contributed by atoms with Crippen LogP contribution in [0, 0.1) is 0 Å². The van der Waals surface area contributed by atoms with E-state index < -0.39 is 15.6 Å². The van der Waals surface area contributed by atoms with Gasteiger partial charge in [-0.3, -0.25) is 4.55 Å². The van der Waals surface area contributed by atoms with Gasteiger partial charge < -0.3 is 5.11 Å². The van der Waals surface area contributed by atoms with Crippen LogP contribution in [0.4, 0.5) is 0 Å². The monoisotopic (exact) mass is 222 g/mol. The fourth-order valence-electron chi connectivity index (χ4n) is 0.832. The van der Waals surface area contributed by atoms with Gasteiger partial charge in [0.15, 0.2) is 0 Å². The van der Waals surface area contributed by atoms with E-state index in [-0.39, 0.29) is 5.56 Å². The molecular formula is C7H7ClO4S. The Hall–Kier alpha value is -0.620. The van der Waals surface area contributed by atoms with E-state index in [1.165, 1.54) is 24.3 Å². The van der Waals surface area contributed by atoms with Gasteiger partial charge in [0.25, 0.3) is 10.1 Å². The highest BCUT2D eigenvalue weighted by Crippen LogP contribution is 2.20. The molecule has 0 bridgehead atoms. The molecule has 4 nitrogen and oxygen atoms in total. The molecule has 0 heterocycles. The fraction of sp³-hybridized carbons (Fsp3) is 0.143. The predicted molar refractivity (Wildman–Crippen MR) is 48.0 cm³/mol.